The van der Waals surface area contributed by atoms with Crippen molar-refractivity contribution in [3.8, 4) is 0 Å². The number of benzene rings is 1. The van der Waals surface area contributed by atoms with Crippen LogP contribution >= 0.6 is 11.8 Å². The lowest BCUT2D eigenvalue weighted by molar-refractivity contribution is -0.120. The van der Waals surface area contributed by atoms with Gasteiger partial charge in [-0.3, -0.25) is 9.69 Å². The number of morpholine rings is 1. The van der Waals surface area contributed by atoms with Crippen molar-refractivity contribution in [1.82, 2.24) is 30.4 Å². The van der Waals surface area contributed by atoms with Crippen molar-refractivity contribution >= 4 is 17.7 Å². The smallest absolute Gasteiger partial charge is 0.233 e. The predicted octanol–water partition coefficient (Wildman–Crippen LogP) is 1.64. The van der Waals surface area contributed by atoms with Gasteiger partial charge in [0, 0.05) is 26.2 Å². The first-order valence-corrected chi connectivity index (χ1v) is 10.7. The molecule has 9 heteroatoms. The molecule has 1 amide bonds. The fraction of sp³-hybridized carbons (Fsp3) is 0.579. The SMILES string of the molecule is CC(Sc1nnnn1C1CC1)C(=O)NCc1cccc(CN2CCOCC2)c1. The van der Waals surface area contributed by atoms with Gasteiger partial charge in [0.05, 0.1) is 24.5 Å². The Hall–Kier alpha value is -1.97. The van der Waals surface area contributed by atoms with Crippen LogP contribution in [-0.4, -0.2) is 62.6 Å². The molecule has 0 bridgehead atoms. The van der Waals surface area contributed by atoms with E-state index in [2.05, 4.69) is 50.0 Å². The molecule has 2 aromatic rings. The molecule has 1 atom stereocenters. The van der Waals surface area contributed by atoms with Crippen molar-refractivity contribution in [1.29, 1.82) is 0 Å². The number of amides is 1. The lowest BCUT2D eigenvalue weighted by atomic mass is 10.1. The van der Waals surface area contributed by atoms with E-state index in [1.807, 2.05) is 11.6 Å². The molecule has 2 aliphatic rings. The highest BCUT2D eigenvalue weighted by atomic mass is 32.2. The molecule has 4 rings (SSSR count). The van der Waals surface area contributed by atoms with Crippen LogP contribution in [0, 0.1) is 0 Å². The van der Waals surface area contributed by atoms with Gasteiger partial charge in [0.1, 0.15) is 0 Å². The van der Waals surface area contributed by atoms with Gasteiger partial charge < -0.3 is 10.1 Å². The summed E-state index contributed by atoms with van der Waals surface area (Å²) in [4.78, 5) is 14.9. The van der Waals surface area contributed by atoms with Gasteiger partial charge in [-0.15, -0.1) is 5.10 Å². The molecule has 28 heavy (non-hydrogen) atoms. The van der Waals surface area contributed by atoms with Gasteiger partial charge in [0.25, 0.3) is 0 Å². The van der Waals surface area contributed by atoms with Gasteiger partial charge in [-0.05, 0) is 41.3 Å². The maximum atomic E-state index is 12.5. The minimum atomic E-state index is -0.250. The van der Waals surface area contributed by atoms with Gasteiger partial charge in [0.15, 0.2) is 0 Å². The lowest BCUT2D eigenvalue weighted by Gasteiger charge is -2.26. The molecule has 0 radical (unpaired) electrons. The number of thioether (sulfide) groups is 1. The largest absolute Gasteiger partial charge is 0.379 e. The molecule has 1 aromatic carbocycles. The van der Waals surface area contributed by atoms with Gasteiger partial charge in [-0.2, -0.15) is 0 Å². The fourth-order valence-electron chi connectivity index (χ4n) is 3.21. The van der Waals surface area contributed by atoms with E-state index in [0.717, 1.165) is 56.4 Å². The summed E-state index contributed by atoms with van der Waals surface area (Å²) >= 11 is 1.41. The average Bonchev–Trinajstić information content (AvgIpc) is 3.46. The number of carbonyl (C=O) groups is 1. The Balaban J connectivity index is 1.27. The third-order valence-corrected chi connectivity index (χ3v) is 6.02. The molecule has 2 heterocycles. The zero-order valence-corrected chi connectivity index (χ0v) is 16.9. The highest BCUT2D eigenvalue weighted by molar-refractivity contribution is 8.00. The molecule has 8 nitrogen and oxygen atoms in total. The molecular weight excluding hydrogens is 376 g/mol. The van der Waals surface area contributed by atoms with Crippen LogP contribution in [0.15, 0.2) is 29.4 Å². The van der Waals surface area contributed by atoms with E-state index in [0.29, 0.717) is 12.6 Å². The Bertz CT molecular complexity index is 803. The summed E-state index contributed by atoms with van der Waals surface area (Å²) in [7, 11) is 0. The van der Waals surface area contributed by atoms with Crippen LogP contribution in [0.5, 0.6) is 0 Å². The molecule has 1 N–H and O–H groups in total. The maximum Gasteiger partial charge on any atom is 0.233 e. The second kappa shape index (κ2) is 9.02. The van der Waals surface area contributed by atoms with E-state index < -0.39 is 0 Å². The van der Waals surface area contributed by atoms with Crippen molar-refractivity contribution in [2.45, 2.75) is 49.3 Å². The third-order valence-electron chi connectivity index (χ3n) is 4.97. The summed E-state index contributed by atoms with van der Waals surface area (Å²) in [5.41, 5.74) is 2.37. The number of ether oxygens (including phenoxy) is 1. The number of aromatic nitrogens is 4. The zero-order chi connectivity index (χ0) is 19.3. The molecule has 1 unspecified atom stereocenters. The first kappa shape index (κ1) is 19.4. The predicted molar refractivity (Wildman–Crippen MR) is 106 cm³/mol. The van der Waals surface area contributed by atoms with Crippen molar-refractivity contribution < 1.29 is 9.53 Å². The number of nitrogens with one attached hydrogen (secondary N) is 1. The first-order chi connectivity index (χ1) is 13.7. The normalized spacial score (nSPS) is 18.8. The molecule has 1 saturated carbocycles. The van der Waals surface area contributed by atoms with Crippen LogP contribution in [0.1, 0.15) is 36.9 Å². The average molecular weight is 403 g/mol. The first-order valence-electron chi connectivity index (χ1n) is 9.79. The molecule has 150 valence electrons. The molecular formula is C19H26N6O2S. The van der Waals surface area contributed by atoms with Crippen LogP contribution in [-0.2, 0) is 22.6 Å². The number of hydrogen-bond acceptors (Lipinski definition) is 7. The van der Waals surface area contributed by atoms with Crippen molar-refractivity contribution in [3.05, 3.63) is 35.4 Å². The van der Waals surface area contributed by atoms with Crippen molar-refractivity contribution in [3.63, 3.8) is 0 Å². The Kier molecular flexibility index (Phi) is 6.23. The Morgan fingerprint density at radius 1 is 1.32 bits per heavy atom. The van der Waals surface area contributed by atoms with Gasteiger partial charge in [-0.25, -0.2) is 4.68 Å². The lowest BCUT2D eigenvalue weighted by Crippen LogP contribution is -2.35. The molecule has 1 aromatic heterocycles. The summed E-state index contributed by atoms with van der Waals surface area (Å²) in [5.74, 6) is -0.00562. The molecule has 1 aliphatic heterocycles. The highest BCUT2D eigenvalue weighted by Crippen LogP contribution is 2.37. The minimum Gasteiger partial charge on any atom is -0.379 e. The maximum absolute atomic E-state index is 12.5. The molecule has 1 aliphatic carbocycles. The van der Waals surface area contributed by atoms with E-state index in [1.165, 1.54) is 17.3 Å². The van der Waals surface area contributed by atoms with Crippen LogP contribution in [0.25, 0.3) is 0 Å². The standard InChI is InChI=1S/C19H26N6O2S/c1-14(28-19-21-22-23-25(19)17-5-6-17)18(26)20-12-15-3-2-4-16(11-15)13-24-7-9-27-10-8-24/h2-4,11,14,17H,5-10,12-13H2,1H3,(H,20,26). The summed E-state index contributed by atoms with van der Waals surface area (Å²) < 4.78 is 7.24. The van der Waals surface area contributed by atoms with Gasteiger partial charge >= 0.3 is 0 Å². The third kappa shape index (κ3) is 5.09. The quantitative estimate of drug-likeness (QED) is 0.672. The molecule has 2 fully saturated rings. The Labute approximate surface area is 169 Å². The van der Waals surface area contributed by atoms with E-state index in [4.69, 9.17) is 4.74 Å². The number of rotatable bonds is 8. The second-order valence-electron chi connectivity index (χ2n) is 7.32. The van der Waals surface area contributed by atoms with Gasteiger partial charge in [0.2, 0.25) is 11.1 Å². The van der Waals surface area contributed by atoms with Crippen molar-refractivity contribution in [2.75, 3.05) is 26.3 Å². The summed E-state index contributed by atoms with van der Waals surface area (Å²) in [6.45, 7) is 6.87. The van der Waals surface area contributed by atoms with Crippen molar-refractivity contribution in [2.24, 2.45) is 0 Å². The van der Waals surface area contributed by atoms with E-state index in [-0.39, 0.29) is 11.2 Å². The summed E-state index contributed by atoms with van der Waals surface area (Å²) in [6.07, 6.45) is 2.22. The van der Waals surface area contributed by atoms with E-state index >= 15 is 0 Å². The van der Waals surface area contributed by atoms with Gasteiger partial charge in [-0.1, -0.05) is 36.0 Å². The number of hydrogen-bond donors (Lipinski definition) is 1. The monoisotopic (exact) mass is 402 g/mol. The number of nitrogens with zero attached hydrogens (tertiary/aromatic N) is 5. The van der Waals surface area contributed by atoms with E-state index in [1.54, 1.807) is 0 Å². The summed E-state index contributed by atoms with van der Waals surface area (Å²) in [5, 5.41) is 15.3. The molecule has 1 saturated heterocycles. The number of tetrazole rings is 1. The zero-order valence-electron chi connectivity index (χ0n) is 16.1. The Morgan fingerprint density at radius 2 is 2.11 bits per heavy atom. The topological polar surface area (TPSA) is 85.2 Å². The summed E-state index contributed by atoms with van der Waals surface area (Å²) in [6, 6.07) is 8.81. The molecule has 0 spiro atoms. The second-order valence-corrected chi connectivity index (χ2v) is 8.63. The van der Waals surface area contributed by atoms with Crippen LogP contribution in [0.2, 0.25) is 0 Å². The minimum absolute atomic E-state index is 0.00562. The van der Waals surface area contributed by atoms with Crippen LogP contribution in [0.3, 0.4) is 0 Å². The number of carbonyl (C=O) groups excluding carboxylic acids is 1. The highest BCUT2D eigenvalue weighted by Gasteiger charge is 2.29. The van der Waals surface area contributed by atoms with Crippen LogP contribution < -0.4 is 5.32 Å². The van der Waals surface area contributed by atoms with Crippen LogP contribution in [0.4, 0.5) is 0 Å². The van der Waals surface area contributed by atoms with E-state index in [9.17, 15) is 4.79 Å². The fourth-order valence-corrected chi connectivity index (χ4v) is 4.10. The Morgan fingerprint density at radius 3 is 2.89 bits per heavy atom.